The summed E-state index contributed by atoms with van der Waals surface area (Å²) in [5.41, 5.74) is 9.59. The number of benzene rings is 4. The molecule has 0 saturated heterocycles. The van der Waals surface area contributed by atoms with Gasteiger partial charge >= 0.3 is 175 Å². The Labute approximate surface area is 381 Å². The van der Waals surface area contributed by atoms with Crippen molar-refractivity contribution in [3.05, 3.63) is 148 Å². The summed E-state index contributed by atoms with van der Waals surface area (Å²) in [5, 5.41) is 5.57. The Morgan fingerprint density at radius 2 is 0.893 bits per heavy atom. The second-order valence-electron chi connectivity index (χ2n) is 18.6. The van der Waals surface area contributed by atoms with E-state index in [-0.39, 0.29) is 21.7 Å². The van der Waals surface area contributed by atoms with Crippen LogP contribution in [-0.4, -0.2) is 3.21 Å². The molecule has 0 bridgehead atoms. The topological polar surface area (TPSA) is 0 Å². The second kappa shape index (κ2) is 17.8. The fourth-order valence-corrected chi connectivity index (χ4v) is 8.27. The Hall–Kier alpha value is -1.28. The summed E-state index contributed by atoms with van der Waals surface area (Å²) in [7, 11) is 0. The number of fused-ring (bicyclic) bond motifs is 3. The predicted molar refractivity (Wildman–Crippen MR) is 248 cm³/mol. The molecule has 0 atom stereocenters. The van der Waals surface area contributed by atoms with Gasteiger partial charge in [-0.15, -0.1) is 46.2 Å². The zero-order chi connectivity index (χ0) is 42.2. The minimum Gasteiger partial charge on any atom is -0.273 e. The Bertz CT molecular complexity index is 2090. The largest absolute Gasteiger partial charge is 0.273 e. The predicted octanol–water partition coefficient (Wildman–Crippen LogP) is 16.7. The Morgan fingerprint density at radius 3 is 1.16 bits per heavy atom. The first-order chi connectivity index (χ1) is 25.5. The molecule has 0 aromatic heterocycles. The third-order valence-electron chi connectivity index (χ3n) is 9.76. The first kappa shape index (κ1) is 47.4. The van der Waals surface area contributed by atoms with Gasteiger partial charge in [-0.25, -0.2) is 12.2 Å². The first-order valence-electron chi connectivity index (χ1n) is 18.9. The second-order valence-corrected chi connectivity index (χ2v) is 24.4. The van der Waals surface area contributed by atoms with Gasteiger partial charge in [-0.2, -0.15) is 6.08 Å². The molecule has 5 aromatic carbocycles. The van der Waals surface area contributed by atoms with Gasteiger partial charge in [0.25, 0.3) is 0 Å². The van der Waals surface area contributed by atoms with Crippen LogP contribution in [0.25, 0.3) is 21.5 Å². The molecule has 0 saturated carbocycles. The number of rotatable bonds is 2. The average Bonchev–Trinajstić information content (AvgIpc) is 3.77. The molecule has 296 valence electrons. The van der Waals surface area contributed by atoms with Crippen molar-refractivity contribution in [2.75, 3.05) is 0 Å². The summed E-state index contributed by atoms with van der Waals surface area (Å²) >= 11 is 36.9. The number of hydrogen-bond donors (Lipinski definition) is 0. The maximum atomic E-state index is 5.94. The Balaban J connectivity index is 0.000000227. The molecule has 0 spiro atoms. The summed E-state index contributed by atoms with van der Waals surface area (Å²) in [6.07, 6.45) is 10.0. The van der Waals surface area contributed by atoms with Gasteiger partial charge in [0.05, 0.1) is 0 Å². The SMILES string of the molecule is CC(C)(C)c1cc2[cH-]c3cc(C(C)(C)C)c(C(C)(C)C)cc3c2cc1C(C)(C)C.ClC(Cl)(Cl)c1cccc([C](=[Zr+2])c2cccc(C(Cl)(Cl)Cl)c2)c1.[C-]1=CC=CC1. The van der Waals surface area contributed by atoms with Crippen LogP contribution in [0.2, 0.25) is 0 Å². The standard InChI is InChI=1S/C29H41.C15H8Cl6.C5H5.Zr/c1-26(2,3)22-14-18-13-19-15-23(27(4,5)6)25(29(10,11)12)17-21(19)20(18)16-24(22)28(7,8)9;16-14(17,18)12-5-1-3-10(8-12)7-11-4-2-6-13(9-11)15(19,20)21;1-2-4-5-3-1;/h13-17H,1-12H3;1-6,8-9H;1-3H,4H2;/q-1;;-1;+2. The van der Waals surface area contributed by atoms with E-state index in [1.165, 1.54) is 68.0 Å². The van der Waals surface area contributed by atoms with E-state index in [1.807, 2.05) is 48.6 Å². The van der Waals surface area contributed by atoms with Crippen LogP contribution >= 0.6 is 69.6 Å². The number of hydrogen-bond acceptors (Lipinski definition) is 0. The fourth-order valence-electron chi connectivity index (χ4n) is 6.80. The van der Waals surface area contributed by atoms with E-state index >= 15 is 0 Å². The summed E-state index contributed by atoms with van der Waals surface area (Å²) in [5.74, 6) is 0. The normalized spacial score (nSPS) is 13.8. The molecule has 0 unspecified atom stereocenters. The van der Waals surface area contributed by atoms with Gasteiger partial charge in [-0.3, -0.25) is 6.08 Å². The van der Waals surface area contributed by atoms with Crippen LogP contribution < -0.4 is 0 Å². The van der Waals surface area contributed by atoms with Crippen LogP contribution in [0.1, 0.15) is 134 Å². The van der Waals surface area contributed by atoms with E-state index in [2.05, 4.69) is 126 Å². The summed E-state index contributed by atoms with van der Waals surface area (Å²) in [6, 6.07) is 27.2. The molecule has 56 heavy (non-hydrogen) atoms. The van der Waals surface area contributed by atoms with E-state index in [4.69, 9.17) is 69.6 Å². The smallest absolute Gasteiger partial charge is 0.109 e. The molecule has 0 fully saturated rings. The maximum Gasteiger partial charge on any atom is -0.109 e. The van der Waals surface area contributed by atoms with E-state index in [9.17, 15) is 0 Å². The van der Waals surface area contributed by atoms with E-state index in [1.54, 1.807) is 12.1 Å². The molecule has 0 N–H and O–H groups in total. The van der Waals surface area contributed by atoms with Gasteiger partial charge < -0.3 is 0 Å². The minimum absolute atomic E-state index is 0.124. The Morgan fingerprint density at radius 1 is 0.536 bits per heavy atom. The van der Waals surface area contributed by atoms with Crippen LogP contribution in [0.5, 0.6) is 0 Å². The fraction of sp³-hybridized carbons (Fsp3) is 0.388. The van der Waals surface area contributed by atoms with Gasteiger partial charge in [0.1, 0.15) is 0 Å². The molecule has 5 aromatic rings. The molecule has 1 aliphatic carbocycles. The zero-order valence-electron chi connectivity index (χ0n) is 34.7. The average molecular weight is 947 g/mol. The van der Waals surface area contributed by atoms with Crippen molar-refractivity contribution in [3.63, 3.8) is 0 Å². The van der Waals surface area contributed by atoms with Crippen LogP contribution in [0.3, 0.4) is 0 Å². The van der Waals surface area contributed by atoms with Crippen molar-refractivity contribution in [2.45, 2.75) is 119 Å². The van der Waals surface area contributed by atoms with E-state index in [0.717, 1.165) is 20.8 Å². The van der Waals surface area contributed by atoms with Crippen molar-refractivity contribution in [3.8, 4) is 0 Å². The number of allylic oxidation sites excluding steroid dienone is 4. The molecular weight excluding hydrogens is 892 g/mol. The third kappa shape index (κ3) is 12.2. The first-order valence-corrected chi connectivity index (χ1v) is 22.4. The Kier molecular flexibility index (Phi) is 15.0. The van der Waals surface area contributed by atoms with Crippen LogP contribution in [0, 0.1) is 6.08 Å². The van der Waals surface area contributed by atoms with Gasteiger partial charge in [-0.05, 0) is 21.7 Å². The minimum atomic E-state index is -1.45. The van der Waals surface area contributed by atoms with E-state index in [0.29, 0.717) is 11.1 Å². The van der Waals surface area contributed by atoms with Crippen LogP contribution in [0.4, 0.5) is 0 Å². The summed E-state index contributed by atoms with van der Waals surface area (Å²) in [6.45, 7) is 28.0. The number of halogens is 6. The molecule has 6 rings (SSSR count). The molecule has 1 aliphatic rings. The molecule has 0 amide bonds. The molecule has 7 heteroatoms. The quantitative estimate of drug-likeness (QED) is 0.122. The molecule has 0 radical (unpaired) electrons. The summed E-state index contributed by atoms with van der Waals surface area (Å²) in [4.78, 5) is 0. The van der Waals surface area contributed by atoms with Crippen LogP contribution in [-0.2, 0) is 53.5 Å². The maximum absolute atomic E-state index is 5.94. The molecular formula is C49H54Cl6Zr. The zero-order valence-corrected chi connectivity index (χ0v) is 41.7. The van der Waals surface area contributed by atoms with Crippen molar-refractivity contribution >= 4 is 94.4 Å². The van der Waals surface area contributed by atoms with Crippen molar-refractivity contribution in [1.29, 1.82) is 0 Å². The van der Waals surface area contributed by atoms with Gasteiger partial charge in [0, 0.05) is 0 Å². The third-order valence-corrected chi connectivity index (χ3v) is 12.5. The van der Waals surface area contributed by atoms with Gasteiger partial charge in [0.15, 0.2) is 0 Å². The van der Waals surface area contributed by atoms with E-state index < -0.39 is 7.59 Å². The monoisotopic (exact) mass is 942 g/mol. The van der Waals surface area contributed by atoms with Crippen molar-refractivity contribution < 1.29 is 24.2 Å². The van der Waals surface area contributed by atoms with Gasteiger partial charge in [0.2, 0.25) is 0 Å². The molecule has 0 aliphatic heterocycles. The van der Waals surface area contributed by atoms with Crippen LogP contribution in [0.15, 0.2) is 97.1 Å². The molecule has 0 heterocycles. The number of alkyl halides is 6. The van der Waals surface area contributed by atoms with Crippen molar-refractivity contribution in [2.24, 2.45) is 0 Å². The molecule has 0 nitrogen and oxygen atoms in total. The van der Waals surface area contributed by atoms with Crippen molar-refractivity contribution in [1.82, 2.24) is 0 Å². The van der Waals surface area contributed by atoms with Gasteiger partial charge in [-0.1, -0.05) is 117 Å². The summed E-state index contributed by atoms with van der Waals surface area (Å²) < 4.78 is -1.82.